The minimum atomic E-state index is -1.15. The summed E-state index contributed by atoms with van der Waals surface area (Å²) in [5, 5.41) is 21.6. The number of hydrogen-bond acceptors (Lipinski definition) is 5. The van der Waals surface area contributed by atoms with E-state index in [-0.39, 0.29) is 18.2 Å². The van der Waals surface area contributed by atoms with E-state index in [1.165, 1.54) is 7.11 Å². The zero-order valence-electron chi connectivity index (χ0n) is 19.6. The number of methoxy groups -OCH3 is 1. The minimum Gasteiger partial charge on any atom is -0.469 e. The van der Waals surface area contributed by atoms with Crippen LogP contribution >= 0.6 is 23.2 Å². The molecule has 3 rings (SSSR count). The van der Waals surface area contributed by atoms with Gasteiger partial charge < -0.3 is 19.8 Å². The van der Waals surface area contributed by atoms with Gasteiger partial charge in [0.1, 0.15) is 0 Å². The lowest BCUT2D eigenvalue weighted by atomic mass is 9.66. The second-order valence-corrected chi connectivity index (χ2v) is 9.99. The Morgan fingerprint density at radius 3 is 2.41 bits per heavy atom. The molecule has 1 amide bonds. The number of carbonyl (C=O) groups excluding carboxylic acids is 2. The molecule has 2 aromatic rings. The SMILES string of the molecule is CCC(C(O)CO)N1C(=O)[C@@](C)(CC(=O)OC)C[C@H](c2cccc(Cl)c2)[C@H]1c1ccc(Cl)cc1. The third-order valence-electron chi connectivity index (χ3n) is 6.76. The van der Waals surface area contributed by atoms with E-state index < -0.39 is 36.2 Å². The Labute approximate surface area is 210 Å². The van der Waals surface area contributed by atoms with Crippen LogP contribution in [0.25, 0.3) is 0 Å². The molecule has 184 valence electrons. The molecule has 2 N–H and O–H groups in total. The number of ether oxygens (including phenoxy) is 1. The number of piperidine rings is 1. The summed E-state index contributed by atoms with van der Waals surface area (Å²) in [6, 6.07) is 13.6. The van der Waals surface area contributed by atoms with Crippen LogP contribution in [-0.4, -0.2) is 52.9 Å². The number of amides is 1. The summed E-state index contributed by atoms with van der Waals surface area (Å²) in [5.74, 6) is -0.996. The Bertz CT molecular complexity index is 1010. The van der Waals surface area contributed by atoms with Gasteiger partial charge in [-0.15, -0.1) is 0 Å². The number of aliphatic hydroxyl groups is 2. The fraction of sp³-hybridized carbons (Fsp3) is 0.462. The quantitative estimate of drug-likeness (QED) is 0.503. The molecule has 1 aliphatic rings. The minimum absolute atomic E-state index is 0.102. The van der Waals surface area contributed by atoms with Gasteiger partial charge in [0.25, 0.3) is 0 Å². The summed E-state index contributed by atoms with van der Waals surface area (Å²) < 4.78 is 4.91. The van der Waals surface area contributed by atoms with Crippen LogP contribution in [0.15, 0.2) is 48.5 Å². The maximum absolute atomic E-state index is 14.1. The summed E-state index contributed by atoms with van der Waals surface area (Å²) in [4.78, 5) is 28.1. The molecule has 6 nitrogen and oxygen atoms in total. The lowest BCUT2D eigenvalue weighted by molar-refractivity contribution is -0.165. The molecule has 8 heteroatoms. The van der Waals surface area contributed by atoms with Crippen molar-refractivity contribution in [3.05, 3.63) is 69.7 Å². The Balaban J connectivity index is 2.25. The van der Waals surface area contributed by atoms with Crippen molar-refractivity contribution in [1.82, 2.24) is 4.90 Å². The molecule has 1 fully saturated rings. The van der Waals surface area contributed by atoms with Gasteiger partial charge >= 0.3 is 5.97 Å². The number of esters is 1. The first-order chi connectivity index (χ1) is 16.1. The number of likely N-dealkylation sites (tertiary alicyclic amines) is 1. The topological polar surface area (TPSA) is 87.1 Å². The predicted molar refractivity (Wildman–Crippen MR) is 132 cm³/mol. The van der Waals surface area contributed by atoms with Gasteiger partial charge in [0.15, 0.2) is 0 Å². The predicted octanol–water partition coefficient (Wildman–Crippen LogP) is 4.75. The number of halogens is 2. The Hall–Kier alpha value is -2.12. The van der Waals surface area contributed by atoms with Crippen molar-refractivity contribution in [3.8, 4) is 0 Å². The first kappa shape index (κ1) is 26.5. The highest BCUT2D eigenvalue weighted by Crippen LogP contribution is 2.52. The highest BCUT2D eigenvalue weighted by Gasteiger charge is 2.53. The van der Waals surface area contributed by atoms with Crippen molar-refractivity contribution in [2.75, 3.05) is 13.7 Å². The lowest BCUT2D eigenvalue weighted by Gasteiger charge is -2.52. The van der Waals surface area contributed by atoms with E-state index in [2.05, 4.69) is 0 Å². The summed E-state index contributed by atoms with van der Waals surface area (Å²) in [5.41, 5.74) is 0.673. The lowest BCUT2D eigenvalue weighted by Crippen LogP contribution is -2.59. The van der Waals surface area contributed by atoms with Gasteiger partial charge in [-0.3, -0.25) is 9.59 Å². The third-order valence-corrected chi connectivity index (χ3v) is 7.25. The van der Waals surface area contributed by atoms with E-state index in [4.69, 9.17) is 27.9 Å². The van der Waals surface area contributed by atoms with Gasteiger partial charge in [0.2, 0.25) is 5.91 Å². The van der Waals surface area contributed by atoms with Crippen molar-refractivity contribution >= 4 is 35.1 Å². The van der Waals surface area contributed by atoms with Crippen molar-refractivity contribution in [1.29, 1.82) is 0 Å². The second-order valence-electron chi connectivity index (χ2n) is 9.11. The largest absolute Gasteiger partial charge is 0.469 e. The molecular formula is C26H31Cl2NO5. The number of nitrogens with zero attached hydrogens (tertiary/aromatic N) is 1. The van der Waals surface area contributed by atoms with Gasteiger partial charge in [-0.25, -0.2) is 0 Å². The van der Waals surface area contributed by atoms with Crippen LogP contribution in [-0.2, 0) is 14.3 Å². The molecule has 0 spiro atoms. The molecule has 2 aromatic carbocycles. The molecule has 1 heterocycles. The highest BCUT2D eigenvalue weighted by molar-refractivity contribution is 6.30. The molecule has 0 aliphatic carbocycles. The number of carbonyl (C=O) groups is 2. The van der Waals surface area contributed by atoms with Gasteiger partial charge in [0, 0.05) is 16.0 Å². The summed E-state index contributed by atoms with van der Waals surface area (Å²) in [6.45, 7) is 3.12. The van der Waals surface area contributed by atoms with Crippen LogP contribution in [0.1, 0.15) is 56.2 Å². The van der Waals surface area contributed by atoms with E-state index >= 15 is 0 Å². The average molecular weight is 508 g/mol. The van der Waals surface area contributed by atoms with E-state index in [9.17, 15) is 19.8 Å². The molecular weight excluding hydrogens is 477 g/mol. The molecule has 0 saturated carbocycles. The number of aliphatic hydroxyl groups excluding tert-OH is 2. The van der Waals surface area contributed by atoms with Gasteiger partial charge in [-0.2, -0.15) is 0 Å². The van der Waals surface area contributed by atoms with Crippen LogP contribution in [0, 0.1) is 5.41 Å². The van der Waals surface area contributed by atoms with Crippen molar-refractivity contribution < 1.29 is 24.5 Å². The van der Waals surface area contributed by atoms with Crippen LogP contribution in [0.4, 0.5) is 0 Å². The normalized spacial score (nSPS) is 24.6. The monoisotopic (exact) mass is 507 g/mol. The Kier molecular flexibility index (Phi) is 8.63. The smallest absolute Gasteiger partial charge is 0.306 e. The second kappa shape index (κ2) is 11.1. The third kappa shape index (κ3) is 5.41. The first-order valence-electron chi connectivity index (χ1n) is 11.3. The maximum atomic E-state index is 14.1. The van der Waals surface area contributed by atoms with Crippen molar-refractivity contribution in [3.63, 3.8) is 0 Å². The molecule has 1 saturated heterocycles. The van der Waals surface area contributed by atoms with E-state index in [0.717, 1.165) is 11.1 Å². The molecule has 5 atom stereocenters. The van der Waals surface area contributed by atoms with Crippen LogP contribution in [0.5, 0.6) is 0 Å². The zero-order valence-corrected chi connectivity index (χ0v) is 21.1. The highest BCUT2D eigenvalue weighted by atomic mass is 35.5. The number of benzene rings is 2. The van der Waals surface area contributed by atoms with Gasteiger partial charge in [-0.05, 0) is 48.2 Å². The number of rotatable bonds is 8. The zero-order chi connectivity index (χ0) is 25.0. The average Bonchev–Trinajstić information content (AvgIpc) is 2.82. The Morgan fingerprint density at radius 2 is 1.85 bits per heavy atom. The number of hydrogen-bond donors (Lipinski definition) is 2. The molecule has 0 bridgehead atoms. The van der Waals surface area contributed by atoms with Crippen molar-refractivity contribution in [2.24, 2.45) is 5.41 Å². The Morgan fingerprint density at radius 1 is 1.18 bits per heavy atom. The molecule has 34 heavy (non-hydrogen) atoms. The van der Waals surface area contributed by atoms with Crippen LogP contribution in [0.2, 0.25) is 10.0 Å². The maximum Gasteiger partial charge on any atom is 0.306 e. The summed E-state index contributed by atoms with van der Waals surface area (Å²) >= 11 is 12.5. The molecule has 0 aromatic heterocycles. The van der Waals surface area contributed by atoms with Gasteiger partial charge in [-0.1, -0.05) is 61.3 Å². The summed E-state index contributed by atoms with van der Waals surface area (Å²) in [6.07, 6.45) is -0.469. The van der Waals surface area contributed by atoms with Crippen LogP contribution in [0.3, 0.4) is 0 Å². The van der Waals surface area contributed by atoms with Crippen molar-refractivity contribution in [2.45, 2.75) is 57.2 Å². The first-order valence-corrected chi connectivity index (χ1v) is 12.1. The standard InChI is InChI=1S/C26H31Cl2NO5/c1-4-21(22(31)15-30)29-24(16-8-10-18(27)11-9-16)20(17-6-5-7-19(28)12-17)13-26(2,25(29)33)14-23(32)34-3/h5-12,20-22,24,30-31H,4,13-15H2,1-3H3/t20-,21?,22?,24-,26-/m1/s1. The molecule has 1 aliphatic heterocycles. The summed E-state index contributed by atoms with van der Waals surface area (Å²) in [7, 11) is 1.30. The van der Waals surface area contributed by atoms with E-state index in [1.54, 1.807) is 30.0 Å². The van der Waals surface area contributed by atoms with Gasteiger partial charge in [0.05, 0.1) is 43.7 Å². The fourth-order valence-corrected chi connectivity index (χ4v) is 5.40. The molecule has 0 radical (unpaired) electrons. The van der Waals surface area contributed by atoms with E-state index in [0.29, 0.717) is 22.9 Å². The van der Waals surface area contributed by atoms with Crippen LogP contribution < -0.4 is 0 Å². The molecule has 2 unspecified atom stereocenters. The van der Waals surface area contributed by atoms with E-state index in [1.807, 2.05) is 37.3 Å². The fourth-order valence-electron chi connectivity index (χ4n) is 5.08.